The van der Waals surface area contributed by atoms with E-state index in [1.54, 1.807) is 4.90 Å². The maximum absolute atomic E-state index is 12.5. The number of halogens is 1. The number of anilines is 1. The van der Waals surface area contributed by atoms with Crippen LogP contribution in [0.1, 0.15) is 17.8 Å². The zero-order valence-electron chi connectivity index (χ0n) is 15.5. The second-order valence-corrected chi connectivity index (χ2v) is 7.93. The highest BCUT2D eigenvalue weighted by Crippen LogP contribution is 2.28. The van der Waals surface area contributed by atoms with Gasteiger partial charge < -0.3 is 15.2 Å². The minimum absolute atomic E-state index is 0.0147. The number of carbonyl (C=O) groups excluding carboxylic acids is 2. The number of nitrogens with zero attached hydrogens (tertiary/aromatic N) is 2. The summed E-state index contributed by atoms with van der Waals surface area (Å²) < 4.78 is 1.00. The van der Waals surface area contributed by atoms with Gasteiger partial charge in [-0.15, -0.1) is 0 Å². The highest BCUT2D eigenvalue weighted by molar-refractivity contribution is 9.10. The van der Waals surface area contributed by atoms with E-state index < -0.39 is 0 Å². The molecular weight excluding hydrogens is 420 g/mol. The lowest BCUT2D eigenvalue weighted by Gasteiger charge is -2.17. The maximum atomic E-state index is 12.5. The summed E-state index contributed by atoms with van der Waals surface area (Å²) in [5.41, 5.74) is 3.81. The third-order valence-corrected chi connectivity index (χ3v) is 5.94. The molecule has 4 rings (SSSR count). The molecule has 1 aromatic heterocycles. The summed E-state index contributed by atoms with van der Waals surface area (Å²) in [5, 5.41) is 2.95. The van der Waals surface area contributed by atoms with Crippen molar-refractivity contribution in [2.24, 2.45) is 5.92 Å². The summed E-state index contributed by atoms with van der Waals surface area (Å²) in [7, 11) is 0. The van der Waals surface area contributed by atoms with Crippen molar-refractivity contribution in [3.05, 3.63) is 58.3 Å². The van der Waals surface area contributed by atoms with Crippen molar-refractivity contribution in [1.82, 2.24) is 15.3 Å². The SMILES string of the molecule is Cc1cc(N2CC(C(=O)NCCc3nc4ccccc4[nH]3)CC2=O)ccc1Br. The number of aromatic amines is 1. The molecule has 3 aromatic rings. The summed E-state index contributed by atoms with van der Waals surface area (Å²) in [6, 6.07) is 13.6. The van der Waals surface area contributed by atoms with Crippen LogP contribution in [0.3, 0.4) is 0 Å². The van der Waals surface area contributed by atoms with Crippen LogP contribution < -0.4 is 10.2 Å². The molecule has 2 amide bonds. The lowest BCUT2D eigenvalue weighted by molar-refractivity contribution is -0.126. The average molecular weight is 441 g/mol. The molecule has 1 fully saturated rings. The molecule has 1 atom stereocenters. The first-order valence-electron chi connectivity index (χ1n) is 9.29. The van der Waals surface area contributed by atoms with Gasteiger partial charge >= 0.3 is 0 Å². The number of aryl methyl sites for hydroxylation is 1. The van der Waals surface area contributed by atoms with Gasteiger partial charge in [0, 0.05) is 36.1 Å². The van der Waals surface area contributed by atoms with Crippen molar-refractivity contribution in [3.63, 3.8) is 0 Å². The van der Waals surface area contributed by atoms with Gasteiger partial charge in [-0.1, -0.05) is 28.1 Å². The topological polar surface area (TPSA) is 78.1 Å². The van der Waals surface area contributed by atoms with Crippen LogP contribution in [0.15, 0.2) is 46.9 Å². The summed E-state index contributed by atoms with van der Waals surface area (Å²) in [5.74, 6) is 0.419. The Hall–Kier alpha value is -2.67. The number of carbonyl (C=O) groups is 2. The minimum atomic E-state index is -0.327. The molecule has 144 valence electrons. The number of hydrogen-bond donors (Lipinski definition) is 2. The molecule has 0 aliphatic carbocycles. The van der Waals surface area contributed by atoms with Crippen LogP contribution in [0.4, 0.5) is 5.69 Å². The maximum Gasteiger partial charge on any atom is 0.227 e. The smallest absolute Gasteiger partial charge is 0.227 e. The zero-order valence-corrected chi connectivity index (χ0v) is 17.1. The molecule has 7 heteroatoms. The van der Waals surface area contributed by atoms with Gasteiger partial charge in [-0.2, -0.15) is 0 Å². The van der Waals surface area contributed by atoms with E-state index in [4.69, 9.17) is 0 Å². The van der Waals surface area contributed by atoms with Gasteiger partial charge in [0.05, 0.1) is 17.0 Å². The highest BCUT2D eigenvalue weighted by Gasteiger charge is 2.35. The second kappa shape index (κ2) is 7.75. The minimum Gasteiger partial charge on any atom is -0.355 e. The van der Waals surface area contributed by atoms with Crippen LogP contribution in [0, 0.1) is 12.8 Å². The van der Waals surface area contributed by atoms with Crippen molar-refractivity contribution < 1.29 is 9.59 Å². The zero-order chi connectivity index (χ0) is 19.7. The lowest BCUT2D eigenvalue weighted by atomic mass is 10.1. The second-order valence-electron chi connectivity index (χ2n) is 7.08. The summed E-state index contributed by atoms with van der Waals surface area (Å²) in [6.45, 7) is 2.88. The first kappa shape index (κ1) is 18.7. The van der Waals surface area contributed by atoms with Crippen LogP contribution in [0.2, 0.25) is 0 Å². The van der Waals surface area contributed by atoms with Crippen molar-refractivity contribution in [3.8, 4) is 0 Å². The van der Waals surface area contributed by atoms with Crippen LogP contribution in [-0.4, -0.2) is 34.9 Å². The Labute approximate surface area is 171 Å². The van der Waals surface area contributed by atoms with E-state index in [1.807, 2.05) is 49.4 Å². The molecular formula is C21H21BrN4O2. The van der Waals surface area contributed by atoms with E-state index in [0.717, 1.165) is 32.6 Å². The predicted octanol–water partition coefficient (Wildman–Crippen LogP) is 3.35. The van der Waals surface area contributed by atoms with Gasteiger partial charge in [-0.05, 0) is 42.8 Å². The Balaban J connectivity index is 1.33. The van der Waals surface area contributed by atoms with Gasteiger partial charge in [0.2, 0.25) is 11.8 Å². The van der Waals surface area contributed by atoms with Crippen molar-refractivity contribution in [1.29, 1.82) is 0 Å². The Morgan fingerprint density at radius 1 is 1.32 bits per heavy atom. The molecule has 2 N–H and O–H groups in total. The molecule has 1 unspecified atom stereocenters. The Bertz CT molecular complexity index is 1010. The number of hydrogen-bond acceptors (Lipinski definition) is 3. The summed E-state index contributed by atoms with van der Waals surface area (Å²) in [4.78, 5) is 34.4. The number of para-hydroxylation sites is 2. The molecule has 28 heavy (non-hydrogen) atoms. The molecule has 1 aliphatic heterocycles. The van der Waals surface area contributed by atoms with E-state index in [1.165, 1.54) is 0 Å². The Morgan fingerprint density at radius 2 is 2.14 bits per heavy atom. The molecule has 2 aromatic carbocycles. The quantitative estimate of drug-likeness (QED) is 0.638. The first-order valence-corrected chi connectivity index (χ1v) is 10.1. The van der Waals surface area contributed by atoms with E-state index >= 15 is 0 Å². The third kappa shape index (κ3) is 3.80. The highest BCUT2D eigenvalue weighted by atomic mass is 79.9. The van der Waals surface area contributed by atoms with E-state index in [-0.39, 0.29) is 24.2 Å². The molecule has 1 aliphatic rings. The standard InChI is InChI=1S/C21H21BrN4O2/c1-13-10-15(6-7-16(13)22)26-12-14(11-20(26)27)21(28)23-9-8-19-24-17-4-2-3-5-18(17)25-19/h2-7,10,14H,8-9,11-12H2,1H3,(H,23,28)(H,24,25). The fraction of sp³-hybridized carbons (Fsp3) is 0.286. The monoisotopic (exact) mass is 440 g/mol. The summed E-state index contributed by atoms with van der Waals surface area (Å²) >= 11 is 3.47. The number of imidazole rings is 1. The van der Waals surface area contributed by atoms with Gasteiger partial charge in [0.15, 0.2) is 0 Å². The normalized spacial score (nSPS) is 16.7. The fourth-order valence-corrected chi connectivity index (χ4v) is 3.75. The number of rotatable bonds is 5. The van der Waals surface area contributed by atoms with Crippen molar-refractivity contribution in [2.75, 3.05) is 18.0 Å². The Morgan fingerprint density at radius 3 is 2.93 bits per heavy atom. The predicted molar refractivity (Wildman–Crippen MR) is 112 cm³/mol. The van der Waals surface area contributed by atoms with Crippen molar-refractivity contribution in [2.45, 2.75) is 19.8 Å². The van der Waals surface area contributed by atoms with Crippen LogP contribution in [0.5, 0.6) is 0 Å². The largest absolute Gasteiger partial charge is 0.355 e. The van der Waals surface area contributed by atoms with Gasteiger partial charge in [-0.3, -0.25) is 9.59 Å². The van der Waals surface area contributed by atoms with E-state index in [9.17, 15) is 9.59 Å². The average Bonchev–Trinajstić information content (AvgIpc) is 3.27. The molecule has 0 saturated carbocycles. The number of amides is 2. The number of benzene rings is 2. The van der Waals surface area contributed by atoms with Crippen LogP contribution >= 0.6 is 15.9 Å². The lowest BCUT2D eigenvalue weighted by Crippen LogP contribution is -2.34. The van der Waals surface area contributed by atoms with Gasteiger partial charge in [-0.25, -0.2) is 4.98 Å². The number of nitrogens with one attached hydrogen (secondary N) is 2. The fourth-order valence-electron chi connectivity index (χ4n) is 3.50. The molecule has 2 heterocycles. The van der Waals surface area contributed by atoms with Gasteiger partial charge in [0.25, 0.3) is 0 Å². The van der Waals surface area contributed by atoms with Crippen LogP contribution in [-0.2, 0) is 16.0 Å². The number of fused-ring (bicyclic) bond motifs is 1. The summed E-state index contributed by atoms with van der Waals surface area (Å²) in [6.07, 6.45) is 0.863. The Kier molecular flexibility index (Phi) is 5.17. The third-order valence-electron chi connectivity index (χ3n) is 5.05. The molecule has 1 saturated heterocycles. The first-order chi connectivity index (χ1) is 13.5. The van der Waals surface area contributed by atoms with Crippen LogP contribution in [0.25, 0.3) is 11.0 Å². The molecule has 6 nitrogen and oxygen atoms in total. The van der Waals surface area contributed by atoms with E-state index in [2.05, 4.69) is 31.2 Å². The number of H-pyrrole nitrogens is 1. The van der Waals surface area contributed by atoms with E-state index in [0.29, 0.717) is 19.5 Å². The molecule has 0 spiro atoms. The molecule has 0 radical (unpaired) electrons. The van der Waals surface area contributed by atoms with Crippen molar-refractivity contribution >= 4 is 44.5 Å². The molecule has 0 bridgehead atoms. The number of aromatic nitrogens is 2. The van der Waals surface area contributed by atoms with Gasteiger partial charge in [0.1, 0.15) is 5.82 Å².